The van der Waals surface area contributed by atoms with Crippen LogP contribution < -0.4 is 0 Å². The SMILES string of the molecule is CCc1ccccc1CC.[H-].[H-].[Mg+2]. The largest absolute Gasteiger partial charge is 2.00 e. The van der Waals surface area contributed by atoms with Crippen LogP contribution >= 0.6 is 0 Å². The Balaban J connectivity index is -0.000000333. The van der Waals surface area contributed by atoms with Crippen molar-refractivity contribution in [3.05, 3.63) is 35.4 Å². The van der Waals surface area contributed by atoms with Gasteiger partial charge in [0.2, 0.25) is 0 Å². The number of aryl methyl sites for hydroxylation is 2. The average Bonchev–Trinajstić information content (AvgIpc) is 2.04. The molecule has 1 aromatic carbocycles. The van der Waals surface area contributed by atoms with Crippen molar-refractivity contribution in [1.82, 2.24) is 0 Å². The van der Waals surface area contributed by atoms with E-state index in [0.29, 0.717) is 0 Å². The van der Waals surface area contributed by atoms with E-state index in [1.165, 1.54) is 11.1 Å². The van der Waals surface area contributed by atoms with Crippen LogP contribution in [0.5, 0.6) is 0 Å². The van der Waals surface area contributed by atoms with Crippen molar-refractivity contribution in [2.45, 2.75) is 26.7 Å². The van der Waals surface area contributed by atoms with Gasteiger partial charge in [-0.2, -0.15) is 0 Å². The van der Waals surface area contributed by atoms with Gasteiger partial charge in [0.05, 0.1) is 0 Å². The zero-order valence-corrected chi connectivity index (χ0v) is 8.84. The van der Waals surface area contributed by atoms with Gasteiger partial charge in [0, 0.05) is 0 Å². The third kappa shape index (κ3) is 2.84. The Hall–Kier alpha value is -0.0138. The molecule has 0 aliphatic heterocycles. The van der Waals surface area contributed by atoms with E-state index in [9.17, 15) is 0 Å². The van der Waals surface area contributed by atoms with Gasteiger partial charge in [-0.3, -0.25) is 0 Å². The van der Waals surface area contributed by atoms with Crippen molar-refractivity contribution in [1.29, 1.82) is 0 Å². The standard InChI is InChI=1S/C10H14.Mg.2H/c1-3-9-7-5-6-8-10(9)4-2;;;/h5-8H,3-4H2,1-2H3;;;/q;+2;2*-1. The Kier molecular flexibility index (Phi) is 5.61. The van der Waals surface area contributed by atoms with Crippen molar-refractivity contribution in [2.24, 2.45) is 0 Å². The molecule has 1 rings (SSSR count). The van der Waals surface area contributed by atoms with Crippen LogP contribution in [-0.2, 0) is 12.8 Å². The van der Waals surface area contributed by atoms with Crippen LogP contribution in [0, 0.1) is 0 Å². The Labute approximate surface area is 88.1 Å². The van der Waals surface area contributed by atoms with Gasteiger partial charge < -0.3 is 2.85 Å². The maximum Gasteiger partial charge on any atom is 2.00 e. The summed E-state index contributed by atoms with van der Waals surface area (Å²) in [6, 6.07) is 8.63. The molecule has 0 saturated heterocycles. The Morgan fingerprint density at radius 2 is 1.36 bits per heavy atom. The summed E-state index contributed by atoms with van der Waals surface area (Å²) in [6.45, 7) is 4.41. The summed E-state index contributed by atoms with van der Waals surface area (Å²) in [6.07, 6.45) is 2.31. The van der Waals surface area contributed by atoms with Gasteiger partial charge in [-0.05, 0) is 24.0 Å². The van der Waals surface area contributed by atoms with Gasteiger partial charge in [0.15, 0.2) is 0 Å². The molecule has 0 atom stereocenters. The second-order valence-electron chi connectivity index (χ2n) is 2.48. The molecule has 0 unspecified atom stereocenters. The zero-order valence-electron chi connectivity index (χ0n) is 9.43. The summed E-state index contributed by atoms with van der Waals surface area (Å²) in [7, 11) is 0. The fourth-order valence-electron chi connectivity index (χ4n) is 1.25. The Morgan fingerprint density at radius 1 is 1.00 bits per heavy atom. The molecule has 58 valence electrons. The number of benzene rings is 1. The van der Waals surface area contributed by atoms with Crippen molar-refractivity contribution >= 4 is 23.1 Å². The fraction of sp³-hybridized carbons (Fsp3) is 0.400. The number of hydrogen-bond acceptors (Lipinski definition) is 0. The molecule has 0 aliphatic rings. The fourth-order valence-corrected chi connectivity index (χ4v) is 1.25. The molecule has 1 aromatic rings. The minimum Gasteiger partial charge on any atom is -1.00 e. The molecular weight excluding hydrogens is 144 g/mol. The molecule has 0 spiro atoms. The van der Waals surface area contributed by atoms with Gasteiger partial charge in [-0.1, -0.05) is 38.1 Å². The first-order valence-electron chi connectivity index (χ1n) is 3.95. The van der Waals surface area contributed by atoms with Crippen LogP contribution in [0.3, 0.4) is 0 Å². The van der Waals surface area contributed by atoms with E-state index in [2.05, 4.69) is 38.1 Å². The van der Waals surface area contributed by atoms with Crippen LogP contribution in [-0.4, -0.2) is 23.1 Å². The minimum absolute atomic E-state index is 0. The average molecular weight is 161 g/mol. The monoisotopic (exact) mass is 160 g/mol. The van der Waals surface area contributed by atoms with E-state index in [1.54, 1.807) is 0 Å². The Bertz CT molecular complexity index is 191. The quantitative estimate of drug-likeness (QED) is 0.584. The van der Waals surface area contributed by atoms with Gasteiger partial charge in [0.1, 0.15) is 0 Å². The van der Waals surface area contributed by atoms with Crippen molar-refractivity contribution in [3.63, 3.8) is 0 Å². The first kappa shape index (κ1) is 11.0. The van der Waals surface area contributed by atoms with E-state index in [-0.39, 0.29) is 25.9 Å². The van der Waals surface area contributed by atoms with E-state index >= 15 is 0 Å². The minimum atomic E-state index is 0. The summed E-state index contributed by atoms with van der Waals surface area (Å²) < 4.78 is 0. The predicted molar refractivity (Wildman–Crippen MR) is 53.2 cm³/mol. The number of rotatable bonds is 2. The van der Waals surface area contributed by atoms with E-state index < -0.39 is 0 Å². The van der Waals surface area contributed by atoms with Gasteiger partial charge >= 0.3 is 23.1 Å². The molecule has 0 fully saturated rings. The van der Waals surface area contributed by atoms with Crippen molar-refractivity contribution in [2.75, 3.05) is 0 Å². The summed E-state index contributed by atoms with van der Waals surface area (Å²) in [5.41, 5.74) is 2.98. The molecule has 0 aliphatic carbocycles. The normalized spacial score (nSPS) is 8.91. The summed E-state index contributed by atoms with van der Waals surface area (Å²) in [5.74, 6) is 0. The first-order chi connectivity index (χ1) is 4.88. The zero-order chi connectivity index (χ0) is 7.40. The molecule has 0 nitrogen and oxygen atoms in total. The maximum atomic E-state index is 2.21. The van der Waals surface area contributed by atoms with E-state index in [4.69, 9.17) is 0 Å². The molecule has 0 heterocycles. The van der Waals surface area contributed by atoms with Crippen LogP contribution in [0.2, 0.25) is 0 Å². The number of hydrogen-bond donors (Lipinski definition) is 0. The molecule has 0 bridgehead atoms. The van der Waals surface area contributed by atoms with Gasteiger partial charge in [0.25, 0.3) is 0 Å². The summed E-state index contributed by atoms with van der Waals surface area (Å²) in [4.78, 5) is 0. The third-order valence-corrected chi connectivity index (χ3v) is 1.88. The molecule has 0 aromatic heterocycles. The van der Waals surface area contributed by atoms with Crippen LogP contribution in [0.15, 0.2) is 24.3 Å². The van der Waals surface area contributed by atoms with Gasteiger partial charge in [-0.15, -0.1) is 0 Å². The molecule has 0 amide bonds. The van der Waals surface area contributed by atoms with Crippen molar-refractivity contribution in [3.8, 4) is 0 Å². The summed E-state index contributed by atoms with van der Waals surface area (Å²) >= 11 is 0. The smallest absolute Gasteiger partial charge is 1.00 e. The molecule has 1 heteroatoms. The first-order valence-corrected chi connectivity index (χ1v) is 3.95. The van der Waals surface area contributed by atoms with E-state index in [0.717, 1.165) is 12.8 Å². The van der Waals surface area contributed by atoms with Gasteiger partial charge in [-0.25, -0.2) is 0 Å². The molecule has 0 radical (unpaired) electrons. The van der Waals surface area contributed by atoms with Crippen molar-refractivity contribution < 1.29 is 2.85 Å². The van der Waals surface area contributed by atoms with Crippen LogP contribution in [0.25, 0.3) is 0 Å². The second-order valence-corrected chi connectivity index (χ2v) is 2.48. The molecule has 11 heavy (non-hydrogen) atoms. The maximum absolute atomic E-state index is 2.21. The molecule has 0 N–H and O–H groups in total. The Morgan fingerprint density at radius 3 is 1.64 bits per heavy atom. The summed E-state index contributed by atoms with van der Waals surface area (Å²) in [5, 5.41) is 0. The van der Waals surface area contributed by atoms with Crippen LogP contribution in [0.1, 0.15) is 27.8 Å². The predicted octanol–water partition coefficient (Wildman–Crippen LogP) is 2.66. The topological polar surface area (TPSA) is 0 Å². The molecular formula is C10H16Mg. The second kappa shape index (κ2) is 5.61. The van der Waals surface area contributed by atoms with E-state index in [1.807, 2.05) is 0 Å². The van der Waals surface area contributed by atoms with Crippen LogP contribution in [0.4, 0.5) is 0 Å². The molecule has 0 saturated carbocycles. The third-order valence-electron chi connectivity index (χ3n) is 1.88.